The van der Waals surface area contributed by atoms with Crippen molar-refractivity contribution in [3.8, 4) is 0 Å². The number of anilines is 2. The van der Waals surface area contributed by atoms with Crippen LogP contribution in [0, 0.1) is 5.41 Å². The number of rotatable bonds is 5. The van der Waals surface area contributed by atoms with Crippen molar-refractivity contribution >= 4 is 28.7 Å². The van der Waals surface area contributed by atoms with Crippen LogP contribution in [0.5, 0.6) is 0 Å². The summed E-state index contributed by atoms with van der Waals surface area (Å²) in [4.78, 5) is 23.4. The first-order chi connectivity index (χ1) is 12.6. The van der Waals surface area contributed by atoms with E-state index in [1.807, 2.05) is 20.8 Å². The molecule has 0 radical (unpaired) electrons. The molecule has 2 unspecified atom stereocenters. The highest BCUT2D eigenvalue weighted by molar-refractivity contribution is 6.02. The molecule has 1 aliphatic carbocycles. The van der Waals surface area contributed by atoms with Crippen LogP contribution in [0.15, 0.2) is 18.5 Å². The number of amides is 2. The fraction of sp³-hybridized carbons (Fsp3) is 0.500. The molecule has 0 aromatic carbocycles. The Hall–Kier alpha value is -2.65. The monoisotopic (exact) mass is 375 g/mol. The molecule has 9 nitrogen and oxygen atoms in total. The highest BCUT2D eigenvalue weighted by atomic mass is 16.3. The summed E-state index contributed by atoms with van der Waals surface area (Å²) in [5, 5.41) is 29.7. The number of aliphatic hydroxyl groups is 2. The van der Waals surface area contributed by atoms with Gasteiger partial charge in [-0.2, -0.15) is 5.10 Å². The van der Waals surface area contributed by atoms with Crippen LogP contribution in [0.3, 0.4) is 0 Å². The van der Waals surface area contributed by atoms with Crippen LogP contribution in [0.1, 0.15) is 44.0 Å². The highest BCUT2D eigenvalue weighted by Gasteiger charge is 2.50. The van der Waals surface area contributed by atoms with Gasteiger partial charge < -0.3 is 26.6 Å². The standard InChI is InChI=1S/C18H25N5O4/c1-17(2)13(4-5-18(17,3)27)22-15-11(16(19)26)7-20-23-8-10(6-12(15)23)21-14(25)9-24/h6-8,13,22,24,27H,4-5,9H2,1-3H3,(H2,19,26)(H,21,25). The number of nitrogens with two attached hydrogens (primary N) is 1. The molecule has 0 aliphatic heterocycles. The molecule has 1 saturated carbocycles. The van der Waals surface area contributed by atoms with E-state index in [1.165, 1.54) is 10.7 Å². The molecule has 2 aromatic rings. The molecule has 2 heterocycles. The number of nitrogens with zero attached hydrogens (tertiary/aromatic N) is 2. The van der Waals surface area contributed by atoms with Gasteiger partial charge in [-0.05, 0) is 25.8 Å². The van der Waals surface area contributed by atoms with E-state index in [0.29, 0.717) is 23.3 Å². The maximum Gasteiger partial charge on any atom is 0.252 e. The van der Waals surface area contributed by atoms with Gasteiger partial charge in [0, 0.05) is 11.5 Å². The largest absolute Gasteiger partial charge is 0.390 e. The Balaban J connectivity index is 2.05. The molecule has 0 spiro atoms. The number of fused-ring (bicyclic) bond motifs is 1. The zero-order valence-electron chi connectivity index (χ0n) is 15.6. The third-order valence-electron chi connectivity index (χ3n) is 5.83. The van der Waals surface area contributed by atoms with Crippen LogP contribution >= 0.6 is 0 Å². The summed E-state index contributed by atoms with van der Waals surface area (Å²) in [6.45, 7) is 5.13. The molecule has 146 valence electrons. The van der Waals surface area contributed by atoms with Gasteiger partial charge >= 0.3 is 0 Å². The zero-order valence-corrected chi connectivity index (χ0v) is 15.6. The summed E-state index contributed by atoms with van der Waals surface area (Å²) in [6, 6.07) is 1.55. The van der Waals surface area contributed by atoms with Gasteiger partial charge in [0.1, 0.15) is 6.61 Å². The van der Waals surface area contributed by atoms with Crippen molar-refractivity contribution in [1.29, 1.82) is 0 Å². The summed E-state index contributed by atoms with van der Waals surface area (Å²) in [6.07, 6.45) is 4.30. The van der Waals surface area contributed by atoms with Crippen LogP contribution in [-0.2, 0) is 4.79 Å². The van der Waals surface area contributed by atoms with E-state index in [4.69, 9.17) is 10.8 Å². The second kappa shape index (κ2) is 6.50. The molecule has 1 fully saturated rings. The summed E-state index contributed by atoms with van der Waals surface area (Å²) in [5.41, 5.74) is 5.96. The molecule has 1 aliphatic rings. The quantitative estimate of drug-likeness (QED) is 0.521. The SMILES string of the molecule is CC1(O)CCC(Nc2c(C(N)=O)cnn3cc(NC(=O)CO)cc23)C1(C)C. The summed E-state index contributed by atoms with van der Waals surface area (Å²) in [5.74, 6) is -1.18. The lowest BCUT2D eigenvalue weighted by molar-refractivity contribution is -0.118. The Morgan fingerprint density at radius 3 is 2.67 bits per heavy atom. The summed E-state index contributed by atoms with van der Waals surface area (Å²) >= 11 is 0. The number of aromatic nitrogens is 2. The molecule has 2 aromatic heterocycles. The van der Waals surface area contributed by atoms with Gasteiger partial charge in [0.05, 0.1) is 40.4 Å². The Bertz CT molecular complexity index is 903. The van der Waals surface area contributed by atoms with Gasteiger partial charge in [0.15, 0.2) is 0 Å². The van der Waals surface area contributed by atoms with Crippen LogP contribution in [0.2, 0.25) is 0 Å². The maximum atomic E-state index is 11.9. The molecule has 2 amide bonds. The topological polar surface area (TPSA) is 142 Å². The fourth-order valence-corrected chi connectivity index (χ4v) is 3.57. The fourth-order valence-electron chi connectivity index (χ4n) is 3.57. The minimum Gasteiger partial charge on any atom is -0.390 e. The summed E-state index contributed by atoms with van der Waals surface area (Å²) < 4.78 is 1.52. The Morgan fingerprint density at radius 1 is 1.41 bits per heavy atom. The number of primary amides is 1. The van der Waals surface area contributed by atoms with E-state index in [2.05, 4.69) is 15.7 Å². The average molecular weight is 375 g/mol. The van der Waals surface area contributed by atoms with Crippen molar-refractivity contribution in [1.82, 2.24) is 9.61 Å². The normalized spacial score (nSPS) is 24.1. The lowest BCUT2D eigenvalue weighted by Gasteiger charge is -2.38. The van der Waals surface area contributed by atoms with E-state index in [0.717, 1.165) is 6.42 Å². The first-order valence-corrected chi connectivity index (χ1v) is 8.77. The zero-order chi connectivity index (χ0) is 20.0. The molecule has 6 N–H and O–H groups in total. The minimum absolute atomic E-state index is 0.0952. The average Bonchev–Trinajstić information content (AvgIpc) is 3.07. The van der Waals surface area contributed by atoms with E-state index in [1.54, 1.807) is 12.3 Å². The number of hydrogen-bond acceptors (Lipinski definition) is 6. The maximum absolute atomic E-state index is 11.9. The molecular formula is C18H25N5O4. The molecular weight excluding hydrogens is 350 g/mol. The first-order valence-electron chi connectivity index (χ1n) is 8.77. The molecule has 0 saturated heterocycles. The predicted octanol–water partition coefficient (Wildman–Crippen LogP) is 0.715. The minimum atomic E-state index is -0.844. The number of nitrogens with one attached hydrogen (secondary N) is 2. The van der Waals surface area contributed by atoms with E-state index in [9.17, 15) is 14.7 Å². The van der Waals surface area contributed by atoms with Gasteiger partial charge in [-0.1, -0.05) is 13.8 Å². The van der Waals surface area contributed by atoms with Crippen LogP contribution in [-0.4, -0.2) is 49.9 Å². The molecule has 0 bridgehead atoms. The van der Waals surface area contributed by atoms with Crippen molar-refractivity contribution in [3.05, 3.63) is 24.0 Å². The van der Waals surface area contributed by atoms with Gasteiger partial charge in [-0.25, -0.2) is 4.52 Å². The number of aliphatic hydroxyl groups excluding tert-OH is 1. The molecule has 27 heavy (non-hydrogen) atoms. The second-order valence-electron chi connectivity index (χ2n) is 7.79. The third kappa shape index (κ3) is 3.24. The Morgan fingerprint density at radius 2 is 2.11 bits per heavy atom. The van der Waals surface area contributed by atoms with Crippen molar-refractivity contribution in [2.45, 2.75) is 45.3 Å². The van der Waals surface area contributed by atoms with Crippen molar-refractivity contribution in [2.75, 3.05) is 17.2 Å². The van der Waals surface area contributed by atoms with E-state index in [-0.39, 0.29) is 11.6 Å². The van der Waals surface area contributed by atoms with Gasteiger partial charge in [-0.3, -0.25) is 9.59 Å². The number of carbonyl (C=O) groups is 2. The second-order valence-corrected chi connectivity index (χ2v) is 7.79. The van der Waals surface area contributed by atoms with Crippen LogP contribution in [0.4, 0.5) is 11.4 Å². The van der Waals surface area contributed by atoms with Crippen LogP contribution in [0.25, 0.3) is 5.52 Å². The molecule has 2 atom stereocenters. The first kappa shape index (κ1) is 19.1. The predicted molar refractivity (Wildman–Crippen MR) is 100 cm³/mol. The Labute approximate surface area is 156 Å². The van der Waals surface area contributed by atoms with E-state index < -0.39 is 29.4 Å². The smallest absolute Gasteiger partial charge is 0.252 e. The number of hydrogen-bond donors (Lipinski definition) is 5. The lowest BCUT2D eigenvalue weighted by atomic mass is 9.76. The van der Waals surface area contributed by atoms with Crippen molar-refractivity contribution < 1.29 is 19.8 Å². The van der Waals surface area contributed by atoms with Crippen molar-refractivity contribution in [2.24, 2.45) is 11.1 Å². The third-order valence-corrected chi connectivity index (χ3v) is 5.83. The molecule has 3 rings (SSSR count). The lowest BCUT2D eigenvalue weighted by Crippen LogP contribution is -2.45. The highest BCUT2D eigenvalue weighted by Crippen LogP contribution is 2.47. The van der Waals surface area contributed by atoms with Gasteiger partial charge in [-0.15, -0.1) is 0 Å². The Kier molecular flexibility index (Phi) is 4.61. The van der Waals surface area contributed by atoms with Gasteiger partial charge in [0.2, 0.25) is 5.91 Å². The number of carbonyl (C=O) groups excluding carboxylic acids is 2. The summed E-state index contributed by atoms with van der Waals surface area (Å²) in [7, 11) is 0. The van der Waals surface area contributed by atoms with E-state index >= 15 is 0 Å². The molecule has 9 heteroatoms. The van der Waals surface area contributed by atoms with Crippen LogP contribution < -0.4 is 16.4 Å². The van der Waals surface area contributed by atoms with Crippen molar-refractivity contribution in [3.63, 3.8) is 0 Å². The van der Waals surface area contributed by atoms with Gasteiger partial charge in [0.25, 0.3) is 5.91 Å².